The van der Waals surface area contributed by atoms with E-state index in [-0.39, 0.29) is 12.1 Å². The molecule has 5 rings (SSSR count). The predicted molar refractivity (Wildman–Crippen MR) is 144 cm³/mol. The molecule has 2 aliphatic rings. The highest BCUT2D eigenvalue weighted by atomic mass is 35.5. The summed E-state index contributed by atoms with van der Waals surface area (Å²) in [5.41, 5.74) is 1.99. The number of methoxy groups -OCH3 is 1. The molecule has 9 heteroatoms. The number of nitrogens with zero attached hydrogens (tertiary/aromatic N) is 4. The third-order valence-corrected chi connectivity index (χ3v) is 7.01. The number of piperazine rings is 1. The summed E-state index contributed by atoms with van der Waals surface area (Å²) < 4.78 is 16.8. The van der Waals surface area contributed by atoms with Crippen molar-refractivity contribution in [3.8, 4) is 11.6 Å². The van der Waals surface area contributed by atoms with Crippen molar-refractivity contribution in [2.24, 2.45) is 5.92 Å². The molecular formula is C28H33ClN4O4. The number of carbonyl (C=O) groups excluding carboxylic acids is 1. The molecule has 1 unspecified atom stereocenters. The van der Waals surface area contributed by atoms with E-state index in [1.165, 1.54) is 0 Å². The Morgan fingerprint density at radius 2 is 1.89 bits per heavy atom. The van der Waals surface area contributed by atoms with E-state index in [0.29, 0.717) is 42.2 Å². The average Bonchev–Trinajstić information content (AvgIpc) is 3.72. The molecule has 1 saturated carbocycles. The van der Waals surface area contributed by atoms with Crippen molar-refractivity contribution in [3.63, 3.8) is 0 Å². The van der Waals surface area contributed by atoms with Crippen LogP contribution in [-0.4, -0.2) is 59.3 Å². The summed E-state index contributed by atoms with van der Waals surface area (Å²) in [6.07, 6.45) is 3.88. The van der Waals surface area contributed by atoms with Gasteiger partial charge in [0.15, 0.2) is 5.65 Å². The molecular weight excluding hydrogens is 492 g/mol. The van der Waals surface area contributed by atoms with E-state index in [0.717, 1.165) is 41.8 Å². The van der Waals surface area contributed by atoms with E-state index >= 15 is 0 Å². The lowest BCUT2D eigenvalue weighted by Gasteiger charge is -2.42. The van der Waals surface area contributed by atoms with Gasteiger partial charge in [0.05, 0.1) is 30.1 Å². The number of anilines is 1. The second-order valence-corrected chi connectivity index (χ2v) is 11.1. The highest BCUT2D eigenvalue weighted by Gasteiger charge is 2.42. The van der Waals surface area contributed by atoms with Gasteiger partial charge in [-0.2, -0.15) is 4.98 Å². The summed E-state index contributed by atoms with van der Waals surface area (Å²) in [5, 5.41) is 1.31. The van der Waals surface area contributed by atoms with Crippen LogP contribution in [0.2, 0.25) is 5.02 Å². The Balaban J connectivity index is 1.29. The SMILES string of the molecule is COc1ccc(COc2cc(Cl)c3cc(N4CCN(C(=O)OC(C)(C)C)C(C5CC5)C4)cnc3n2)cc1. The summed E-state index contributed by atoms with van der Waals surface area (Å²) in [5.74, 6) is 1.73. The molecule has 1 saturated heterocycles. The number of hydrogen-bond acceptors (Lipinski definition) is 7. The number of rotatable bonds is 6. The fraction of sp³-hybridized carbons (Fsp3) is 0.464. The van der Waals surface area contributed by atoms with Crippen LogP contribution in [-0.2, 0) is 11.3 Å². The van der Waals surface area contributed by atoms with E-state index in [9.17, 15) is 4.79 Å². The fourth-order valence-corrected chi connectivity index (χ4v) is 4.87. The van der Waals surface area contributed by atoms with Gasteiger partial charge in [0.1, 0.15) is 18.0 Å². The first kappa shape index (κ1) is 25.4. The van der Waals surface area contributed by atoms with Gasteiger partial charge in [-0.05, 0) is 63.3 Å². The molecule has 196 valence electrons. The molecule has 3 aromatic rings. The summed E-state index contributed by atoms with van der Waals surface area (Å²) in [7, 11) is 1.64. The van der Waals surface area contributed by atoms with Crippen molar-refractivity contribution in [1.82, 2.24) is 14.9 Å². The zero-order chi connectivity index (χ0) is 26.2. The molecule has 37 heavy (non-hydrogen) atoms. The quantitative estimate of drug-likeness (QED) is 0.409. The Bertz CT molecular complexity index is 1270. The fourth-order valence-electron chi connectivity index (χ4n) is 4.64. The summed E-state index contributed by atoms with van der Waals surface area (Å²) in [6.45, 7) is 8.12. The van der Waals surface area contributed by atoms with Gasteiger partial charge in [-0.3, -0.25) is 0 Å². The van der Waals surface area contributed by atoms with E-state index < -0.39 is 5.60 Å². The number of aromatic nitrogens is 2. The molecule has 1 amide bonds. The van der Waals surface area contributed by atoms with Crippen molar-refractivity contribution < 1.29 is 19.0 Å². The molecule has 1 aromatic carbocycles. The molecule has 1 atom stereocenters. The number of halogens is 1. The molecule has 1 aliphatic heterocycles. The highest BCUT2D eigenvalue weighted by Crippen LogP contribution is 2.39. The Labute approximate surface area is 222 Å². The number of carbonyl (C=O) groups is 1. The van der Waals surface area contributed by atoms with E-state index in [1.807, 2.05) is 62.2 Å². The number of fused-ring (bicyclic) bond motifs is 1. The van der Waals surface area contributed by atoms with Crippen molar-refractivity contribution in [2.75, 3.05) is 31.6 Å². The lowest BCUT2D eigenvalue weighted by atomic mass is 10.1. The standard InChI is InChI=1S/C28H33ClN4O4/c1-28(2,3)37-27(34)33-12-11-32(16-24(33)19-7-8-19)20-13-22-23(29)14-25(31-26(22)30-15-20)36-17-18-5-9-21(35-4)10-6-18/h5-6,9-10,13-15,19,24H,7-8,11-12,16-17H2,1-4H3. The number of ether oxygens (including phenoxy) is 3. The van der Waals surface area contributed by atoms with E-state index in [4.69, 9.17) is 25.8 Å². The van der Waals surface area contributed by atoms with Gasteiger partial charge in [0.25, 0.3) is 0 Å². The van der Waals surface area contributed by atoms with Crippen molar-refractivity contribution in [1.29, 1.82) is 0 Å². The molecule has 0 N–H and O–H groups in total. The molecule has 2 fully saturated rings. The largest absolute Gasteiger partial charge is 0.497 e. The lowest BCUT2D eigenvalue weighted by Crippen LogP contribution is -2.57. The number of pyridine rings is 2. The summed E-state index contributed by atoms with van der Waals surface area (Å²) in [4.78, 5) is 26.2. The minimum Gasteiger partial charge on any atom is -0.497 e. The molecule has 8 nitrogen and oxygen atoms in total. The Kier molecular flexibility index (Phi) is 7.03. The zero-order valence-electron chi connectivity index (χ0n) is 21.7. The van der Waals surface area contributed by atoms with Gasteiger partial charge >= 0.3 is 6.09 Å². The van der Waals surface area contributed by atoms with Crippen LogP contribution in [0, 0.1) is 5.92 Å². The average molecular weight is 525 g/mol. The smallest absolute Gasteiger partial charge is 0.410 e. The van der Waals surface area contributed by atoms with Crippen molar-refractivity contribution >= 4 is 34.4 Å². The van der Waals surface area contributed by atoms with Gasteiger partial charge in [-0.1, -0.05) is 23.7 Å². The van der Waals surface area contributed by atoms with E-state index in [2.05, 4.69) is 14.9 Å². The normalized spacial score (nSPS) is 18.1. The number of benzene rings is 1. The Morgan fingerprint density at radius 1 is 1.14 bits per heavy atom. The van der Waals surface area contributed by atoms with Gasteiger partial charge < -0.3 is 24.0 Å². The van der Waals surface area contributed by atoms with Gasteiger partial charge in [0, 0.05) is 31.1 Å². The molecule has 0 bridgehead atoms. The van der Waals surface area contributed by atoms with Gasteiger partial charge in [-0.15, -0.1) is 0 Å². The van der Waals surface area contributed by atoms with E-state index in [1.54, 1.807) is 13.2 Å². The van der Waals surface area contributed by atoms with Gasteiger partial charge in [-0.25, -0.2) is 9.78 Å². The Hall–Kier alpha value is -3.26. The van der Waals surface area contributed by atoms with Gasteiger partial charge in [0.2, 0.25) is 5.88 Å². The van der Waals surface area contributed by atoms with Crippen LogP contribution in [0.5, 0.6) is 11.6 Å². The third-order valence-electron chi connectivity index (χ3n) is 6.70. The maximum atomic E-state index is 12.9. The first-order valence-electron chi connectivity index (χ1n) is 12.7. The predicted octanol–water partition coefficient (Wildman–Crippen LogP) is 5.71. The molecule has 2 aromatic heterocycles. The van der Waals surface area contributed by atoms with Crippen molar-refractivity contribution in [3.05, 3.63) is 53.2 Å². The second-order valence-electron chi connectivity index (χ2n) is 10.7. The second kappa shape index (κ2) is 10.2. The minimum absolute atomic E-state index is 0.127. The van der Waals surface area contributed by atoms with Crippen LogP contribution >= 0.6 is 11.6 Å². The molecule has 0 radical (unpaired) electrons. The van der Waals surface area contributed by atoms with Crippen LogP contribution in [0.3, 0.4) is 0 Å². The highest BCUT2D eigenvalue weighted by molar-refractivity contribution is 6.35. The molecule has 3 heterocycles. The number of amides is 1. The first-order valence-corrected chi connectivity index (χ1v) is 13.0. The van der Waals surface area contributed by atoms with Crippen LogP contribution in [0.25, 0.3) is 11.0 Å². The summed E-state index contributed by atoms with van der Waals surface area (Å²) >= 11 is 6.65. The maximum Gasteiger partial charge on any atom is 0.410 e. The minimum atomic E-state index is -0.508. The van der Waals surface area contributed by atoms with Crippen molar-refractivity contribution in [2.45, 2.75) is 51.9 Å². The lowest BCUT2D eigenvalue weighted by molar-refractivity contribution is 0.0116. The molecule has 1 aliphatic carbocycles. The first-order chi connectivity index (χ1) is 17.7. The topological polar surface area (TPSA) is 77.0 Å². The summed E-state index contributed by atoms with van der Waals surface area (Å²) in [6, 6.07) is 11.6. The van der Waals surface area contributed by atoms with Crippen LogP contribution in [0.1, 0.15) is 39.2 Å². The maximum absolute atomic E-state index is 12.9. The van der Waals surface area contributed by atoms with Crippen LogP contribution in [0.15, 0.2) is 42.6 Å². The zero-order valence-corrected chi connectivity index (χ0v) is 22.5. The number of hydrogen-bond donors (Lipinski definition) is 0. The molecule has 0 spiro atoms. The monoisotopic (exact) mass is 524 g/mol. The third kappa shape index (κ3) is 6.01. The van der Waals surface area contributed by atoms with Crippen LogP contribution in [0.4, 0.5) is 10.5 Å². The van der Waals surface area contributed by atoms with Crippen LogP contribution < -0.4 is 14.4 Å². The Morgan fingerprint density at radius 3 is 2.57 bits per heavy atom.